The third-order valence-electron chi connectivity index (χ3n) is 6.14. The van der Waals surface area contributed by atoms with Crippen molar-refractivity contribution in [2.24, 2.45) is 11.8 Å². The Bertz CT molecular complexity index is 954. The van der Waals surface area contributed by atoms with E-state index in [1.165, 1.54) is 58.2 Å². The van der Waals surface area contributed by atoms with Crippen molar-refractivity contribution in [3.05, 3.63) is 83.5 Å². The van der Waals surface area contributed by atoms with Crippen LogP contribution >= 0.6 is 0 Å². The molecule has 1 fully saturated rings. The number of rotatable bonds is 6. The molecule has 3 atom stereocenters. The van der Waals surface area contributed by atoms with Crippen LogP contribution in [0.2, 0.25) is 0 Å². The molecule has 37 heavy (non-hydrogen) atoms. The van der Waals surface area contributed by atoms with Crippen molar-refractivity contribution in [1.29, 1.82) is 5.26 Å². The SMILES string of the molecule is C=C(C)C1CCC(C)CN1.C=C(C)Cc1ccc(-c2ccc(CC(C)C#N)cc2)cc1C.CC.CCC. The van der Waals surface area contributed by atoms with Crippen molar-refractivity contribution in [2.75, 3.05) is 6.54 Å². The van der Waals surface area contributed by atoms with E-state index in [2.05, 4.69) is 109 Å². The van der Waals surface area contributed by atoms with E-state index in [1.807, 2.05) is 20.8 Å². The van der Waals surface area contributed by atoms with E-state index in [1.54, 1.807) is 0 Å². The first-order valence-corrected chi connectivity index (χ1v) is 14.2. The normalized spacial score (nSPS) is 16.8. The number of nitrogens with one attached hydrogen (secondary N) is 1. The summed E-state index contributed by atoms with van der Waals surface area (Å²) >= 11 is 0. The molecule has 1 saturated heterocycles. The predicted molar refractivity (Wildman–Crippen MR) is 166 cm³/mol. The van der Waals surface area contributed by atoms with E-state index in [-0.39, 0.29) is 5.92 Å². The zero-order valence-corrected chi connectivity index (χ0v) is 25.4. The molecular formula is C35H54N2. The predicted octanol–water partition coefficient (Wildman–Crippen LogP) is 9.88. The number of benzene rings is 2. The molecule has 0 amide bonds. The summed E-state index contributed by atoms with van der Waals surface area (Å²) in [7, 11) is 0. The number of hydrogen-bond donors (Lipinski definition) is 1. The summed E-state index contributed by atoms with van der Waals surface area (Å²) in [4.78, 5) is 0. The van der Waals surface area contributed by atoms with E-state index in [0.29, 0.717) is 6.04 Å². The molecule has 0 radical (unpaired) electrons. The van der Waals surface area contributed by atoms with Crippen LogP contribution in [0.4, 0.5) is 0 Å². The first-order valence-electron chi connectivity index (χ1n) is 14.2. The summed E-state index contributed by atoms with van der Waals surface area (Å²) in [5.74, 6) is 0.921. The van der Waals surface area contributed by atoms with Gasteiger partial charge in [0.05, 0.1) is 6.07 Å². The Morgan fingerprint density at radius 3 is 2.03 bits per heavy atom. The van der Waals surface area contributed by atoms with Gasteiger partial charge in [0.1, 0.15) is 0 Å². The summed E-state index contributed by atoms with van der Waals surface area (Å²) in [6, 6.07) is 18.0. The van der Waals surface area contributed by atoms with Gasteiger partial charge in [-0.25, -0.2) is 0 Å². The van der Waals surface area contributed by atoms with Crippen LogP contribution in [-0.4, -0.2) is 12.6 Å². The van der Waals surface area contributed by atoms with E-state index in [0.717, 1.165) is 25.3 Å². The highest BCUT2D eigenvalue weighted by atomic mass is 14.9. The molecule has 0 aliphatic carbocycles. The van der Waals surface area contributed by atoms with E-state index in [9.17, 15) is 0 Å². The van der Waals surface area contributed by atoms with Crippen molar-refractivity contribution >= 4 is 0 Å². The second kappa shape index (κ2) is 19.5. The average Bonchev–Trinajstić information content (AvgIpc) is 2.88. The van der Waals surface area contributed by atoms with Crippen LogP contribution in [0.3, 0.4) is 0 Å². The Labute approximate surface area is 229 Å². The molecule has 1 aliphatic heterocycles. The van der Waals surface area contributed by atoms with Gasteiger partial charge in [-0.15, -0.1) is 0 Å². The minimum absolute atomic E-state index is 0.0644. The van der Waals surface area contributed by atoms with Crippen LogP contribution in [0.5, 0.6) is 0 Å². The van der Waals surface area contributed by atoms with Crippen LogP contribution < -0.4 is 5.32 Å². The van der Waals surface area contributed by atoms with Gasteiger partial charge in [0.25, 0.3) is 0 Å². The minimum Gasteiger partial charge on any atom is -0.310 e. The van der Waals surface area contributed by atoms with Gasteiger partial charge in [-0.2, -0.15) is 5.26 Å². The first-order chi connectivity index (χ1) is 17.6. The summed E-state index contributed by atoms with van der Waals surface area (Å²) < 4.78 is 0. The van der Waals surface area contributed by atoms with Crippen LogP contribution in [-0.2, 0) is 12.8 Å². The highest BCUT2D eigenvalue weighted by Crippen LogP contribution is 2.24. The lowest BCUT2D eigenvalue weighted by molar-refractivity contribution is 0.353. The maximum Gasteiger partial charge on any atom is 0.0656 e. The molecule has 2 aromatic rings. The summed E-state index contributed by atoms with van der Waals surface area (Å²) in [6.45, 7) is 27.9. The van der Waals surface area contributed by atoms with E-state index >= 15 is 0 Å². The van der Waals surface area contributed by atoms with Crippen LogP contribution in [0.1, 0.15) is 91.3 Å². The quantitative estimate of drug-likeness (QED) is 0.399. The third kappa shape index (κ3) is 14.0. The molecule has 1 aliphatic rings. The molecule has 3 unspecified atom stereocenters. The summed E-state index contributed by atoms with van der Waals surface area (Å²) in [5.41, 5.74) is 8.80. The molecular weight excluding hydrogens is 448 g/mol. The van der Waals surface area contributed by atoms with Crippen molar-refractivity contribution in [1.82, 2.24) is 5.32 Å². The molecule has 1 heterocycles. The molecule has 0 saturated carbocycles. The maximum absolute atomic E-state index is 8.89. The topological polar surface area (TPSA) is 35.8 Å². The van der Waals surface area contributed by atoms with E-state index in [4.69, 9.17) is 5.26 Å². The number of aryl methyl sites for hydroxylation is 1. The lowest BCUT2D eigenvalue weighted by Gasteiger charge is -2.27. The Kier molecular flexibility index (Phi) is 18.1. The minimum atomic E-state index is 0.0644. The van der Waals surface area contributed by atoms with Crippen molar-refractivity contribution < 1.29 is 0 Å². The Morgan fingerprint density at radius 1 is 1.03 bits per heavy atom. The molecule has 0 bridgehead atoms. The van der Waals surface area contributed by atoms with Gasteiger partial charge in [0.15, 0.2) is 0 Å². The van der Waals surface area contributed by atoms with Crippen LogP contribution in [0.15, 0.2) is 66.8 Å². The molecule has 1 N–H and O–H groups in total. The number of nitriles is 1. The lowest BCUT2D eigenvalue weighted by Crippen LogP contribution is -2.38. The fraction of sp³-hybridized carbons (Fsp3) is 0.514. The number of piperidine rings is 1. The molecule has 2 aromatic carbocycles. The zero-order valence-electron chi connectivity index (χ0n) is 25.4. The van der Waals surface area contributed by atoms with Gasteiger partial charge in [-0.3, -0.25) is 0 Å². The number of hydrogen-bond acceptors (Lipinski definition) is 2. The summed E-state index contributed by atoms with van der Waals surface area (Å²) in [5, 5.41) is 12.4. The number of nitrogens with zero attached hydrogens (tertiary/aromatic N) is 1. The Hall–Kier alpha value is -2.63. The van der Waals surface area contributed by atoms with Gasteiger partial charge in [-0.1, -0.05) is 108 Å². The van der Waals surface area contributed by atoms with Gasteiger partial charge < -0.3 is 5.32 Å². The average molecular weight is 503 g/mol. The molecule has 0 aromatic heterocycles. The zero-order chi connectivity index (χ0) is 28.4. The Morgan fingerprint density at radius 2 is 1.59 bits per heavy atom. The van der Waals surface area contributed by atoms with Gasteiger partial charge in [0, 0.05) is 12.0 Å². The standard InChI is InChI=1S/C21H23N.C9H17N.C3H8.C2H6/c1-15(2)11-20-9-10-21(13-17(20)4)19-7-5-18(6-8-19)12-16(3)14-22;1-7(2)9-5-4-8(3)6-10-9;1-3-2;1-2/h5-10,13,16H,1,11-12H2,2-4H3;8-10H,1,4-6H2,2-3H3;3H2,1-2H3;1-2H3. The Balaban J connectivity index is 0.000000717. The second-order valence-electron chi connectivity index (χ2n) is 10.4. The molecule has 2 nitrogen and oxygen atoms in total. The van der Waals surface area contributed by atoms with Gasteiger partial charge in [-0.05, 0) is 93.7 Å². The van der Waals surface area contributed by atoms with Crippen molar-refractivity contribution in [3.63, 3.8) is 0 Å². The van der Waals surface area contributed by atoms with Gasteiger partial charge >= 0.3 is 0 Å². The molecule has 2 heteroatoms. The monoisotopic (exact) mass is 502 g/mol. The molecule has 204 valence electrons. The summed E-state index contributed by atoms with van der Waals surface area (Å²) in [6.07, 6.45) is 5.63. The van der Waals surface area contributed by atoms with Crippen LogP contribution in [0, 0.1) is 30.1 Å². The second-order valence-corrected chi connectivity index (χ2v) is 10.4. The van der Waals surface area contributed by atoms with Crippen LogP contribution in [0.25, 0.3) is 11.1 Å². The van der Waals surface area contributed by atoms with Crippen molar-refractivity contribution in [3.8, 4) is 17.2 Å². The highest BCUT2D eigenvalue weighted by Gasteiger charge is 2.16. The largest absolute Gasteiger partial charge is 0.310 e. The third-order valence-corrected chi connectivity index (χ3v) is 6.14. The molecule has 3 rings (SSSR count). The fourth-order valence-electron chi connectivity index (χ4n) is 4.05. The molecule has 0 spiro atoms. The van der Waals surface area contributed by atoms with E-state index < -0.39 is 0 Å². The van der Waals surface area contributed by atoms with Crippen molar-refractivity contribution in [2.45, 2.75) is 100 Å². The number of allylic oxidation sites excluding steroid dienone is 1. The first kappa shape index (κ1) is 34.4. The lowest BCUT2D eigenvalue weighted by atomic mass is 9.93. The maximum atomic E-state index is 8.89. The fourth-order valence-corrected chi connectivity index (χ4v) is 4.05. The highest BCUT2D eigenvalue weighted by molar-refractivity contribution is 5.65. The van der Waals surface area contributed by atoms with Gasteiger partial charge in [0.2, 0.25) is 0 Å². The smallest absolute Gasteiger partial charge is 0.0656 e.